The van der Waals surface area contributed by atoms with Crippen LogP contribution in [0.1, 0.15) is 64.6 Å². The van der Waals surface area contributed by atoms with Crippen molar-refractivity contribution in [3.8, 4) is 0 Å². The van der Waals surface area contributed by atoms with Crippen LogP contribution in [0.2, 0.25) is 0 Å². The fourth-order valence-electron chi connectivity index (χ4n) is 8.88. The highest BCUT2D eigenvalue weighted by molar-refractivity contribution is 5.97. The number of aliphatic hydroxyl groups excluding tert-OH is 1. The number of rotatable bonds is 4. The Labute approximate surface area is 217 Å². The number of ether oxygens (including phenoxy) is 3. The smallest absolute Gasteiger partial charge is 0.195 e. The number of nitrogens with one attached hydrogen (secondary N) is 1. The third-order valence-electron chi connectivity index (χ3n) is 10.9. The molecular formula is C30H37NO6. The lowest BCUT2D eigenvalue weighted by Gasteiger charge is -2.67. The van der Waals surface area contributed by atoms with Crippen molar-refractivity contribution in [3.05, 3.63) is 47.2 Å². The van der Waals surface area contributed by atoms with E-state index in [9.17, 15) is 15.0 Å². The minimum atomic E-state index is -1.49. The lowest BCUT2D eigenvalue weighted by atomic mass is 9.41. The summed E-state index contributed by atoms with van der Waals surface area (Å²) in [6, 6.07) is 8.42. The van der Waals surface area contributed by atoms with Gasteiger partial charge in [0.1, 0.15) is 11.2 Å². The van der Waals surface area contributed by atoms with E-state index in [-0.39, 0.29) is 23.7 Å². The molecule has 1 aromatic carbocycles. The molecule has 7 heteroatoms. The summed E-state index contributed by atoms with van der Waals surface area (Å²) < 4.78 is 19.4. The summed E-state index contributed by atoms with van der Waals surface area (Å²) in [5, 5.41) is 23.8. The number of ketones is 1. The second-order valence-corrected chi connectivity index (χ2v) is 12.8. The van der Waals surface area contributed by atoms with Crippen LogP contribution in [0.25, 0.3) is 10.9 Å². The molecular weight excluding hydrogens is 470 g/mol. The summed E-state index contributed by atoms with van der Waals surface area (Å²) >= 11 is 0. The van der Waals surface area contributed by atoms with Crippen LogP contribution in [0, 0.1) is 11.3 Å². The molecule has 5 aliphatic rings. The summed E-state index contributed by atoms with van der Waals surface area (Å²) in [6.45, 7) is 8.60. The Bertz CT molecular complexity index is 1340. The molecule has 3 fully saturated rings. The fraction of sp³-hybridized carbons (Fsp3) is 0.633. The SMILES string of the molecule is CC1(C)OC23CC[C@]4(C)[C@@]5(C)c6[nH]c7ccccc7c6C[C@@H]5C[C@H](OCCCO)[C@@]4(O)C2=CC(=O)[C@@H]1O3. The fourth-order valence-corrected chi connectivity index (χ4v) is 8.88. The van der Waals surface area contributed by atoms with Crippen LogP contribution >= 0.6 is 0 Å². The second-order valence-electron chi connectivity index (χ2n) is 12.8. The molecule has 1 unspecified atom stereocenters. The zero-order chi connectivity index (χ0) is 26.0. The van der Waals surface area contributed by atoms with E-state index >= 15 is 0 Å². The van der Waals surface area contributed by atoms with E-state index < -0.39 is 34.6 Å². The van der Waals surface area contributed by atoms with E-state index in [1.807, 2.05) is 19.9 Å². The molecule has 2 bridgehead atoms. The van der Waals surface area contributed by atoms with Crippen molar-refractivity contribution in [2.75, 3.05) is 13.2 Å². The van der Waals surface area contributed by atoms with E-state index in [4.69, 9.17) is 14.2 Å². The number of hydrogen-bond acceptors (Lipinski definition) is 6. The Hall–Kier alpha value is -2.03. The van der Waals surface area contributed by atoms with E-state index in [0.29, 0.717) is 37.9 Å². The Morgan fingerprint density at radius 1 is 1.16 bits per heavy atom. The Balaban J connectivity index is 1.43. The summed E-state index contributed by atoms with van der Waals surface area (Å²) in [5.74, 6) is -1.05. The molecule has 3 aliphatic carbocycles. The second kappa shape index (κ2) is 7.33. The number of benzene rings is 1. The van der Waals surface area contributed by atoms with Crippen LogP contribution in [-0.2, 0) is 30.8 Å². The van der Waals surface area contributed by atoms with E-state index in [1.54, 1.807) is 6.08 Å². The van der Waals surface area contributed by atoms with Crippen molar-refractivity contribution in [2.24, 2.45) is 11.3 Å². The van der Waals surface area contributed by atoms with Crippen molar-refractivity contribution in [1.82, 2.24) is 4.98 Å². The average molecular weight is 508 g/mol. The molecule has 2 aliphatic heterocycles. The summed E-state index contributed by atoms with van der Waals surface area (Å²) in [4.78, 5) is 17.1. The zero-order valence-electron chi connectivity index (χ0n) is 22.1. The van der Waals surface area contributed by atoms with Crippen molar-refractivity contribution in [2.45, 2.75) is 94.4 Å². The molecule has 1 spiro atoms. The number of aliphatic hydroxyl groups is 2. The lowest BCUT2D eigenvalue weighted by molar-refractivity contribution is -0.280. The third-order valence-corrected chi connectivity index (χ3v) is 10.9. The first kappa shape index (κ1) is 24.0. The average Bonchev–Trinajstić information content (AvgIpc) is 3.44. The molecule has 0 radical (unpaired) electrons. The minimum Gasteiger partial charge on any atom is -0.396 e. The summed E-state index contributed by atoms with van der Waals surface area (Å²) in [5.41, 5.74) is 0.819. The molecule has 37 heavy (non-hydrogen) atoms. The van der Waals surface area contributed by atoms with Gasteiger partial charge in [-0.1, -0.05) is 32.0 Å². The van der Waals surface area contributed by atoms with Crippen molar-refractivity contribution >= 4 is 16.7 Å². The van der Waals surface area contributed by atoms with Gasteiger partial charge in [0, 0.05) is 52.6 Å². The normalized spacial score (nSPS) is 43.2. The highest BCUT2D eigenvalue weighted by atomic mass is 16.8. The molecule has 2 aromatic rings. The first-order valence-corrected chi connectivity index (χ1v) is 13.7. The summed E-state index contributed by atoms with van der Waals surface area (Å²) in [7, 11) is 0. The van der Waals surface area contributed by atoms with Crippen molar-refractivity contribution < 1.29 is 29.2 Å². The Morgan fingerprint density at radius 2 is 1.95 bits per heavy atom. The number of aromatic nitrogens is 1. The molecule has 198 valence electrons. The van der Waals surface area contributed by atoms with Gasteiger partial charge in [0.2, 0.25) is 0 Å². The number of H-pyrrole nitrogens is 1. The predicted molar refractivity (Wildman–Crippen MR) is 137 cm³/mol. The van der Waals surface area contributed by atoms with E-state index in [1.165, 1.54) is 16.6 Å². The third kappa shape index (κ3) is 2.67. The highest BCUT2D eigenvalue weighted by Crippen LogP contribution is 2.72. The lowest BCUT2D eigenvalue weighted by Crippen LogP contribution is -2.74. The van der Waals surface area contributed by atoms with Crippen LogP contribution in [0.15, 0.2) is 35.9 Å². The maximum atomic E-state index is 13.4. The van der Waals surface area contributed by atoms with E-state index in [2.05, 4.69) is 37.0 Å². The predicted octanol–water partition coefficient (Wildman–Crippen LogP) is 3.70. The van der Waals surface area contributed by atoms with Gasteiger partial charge in [-0.05, 0) is 63.2 Å². The molecule has 1 saturated heterocycles. The number of carbonyl (C=O) groups is 1. The first-order chi connectivity index (χ1) is 17.5. The number of aromatic amines is 1. The molecule has 7 atom stereocenters. The van der Waals surface area contributed by atoms with Gasteiger partial charge in [-0.25, -0.2) is 0 Å². The van der Waals surface area contributed by atoms with Crippen LogP contribution in [-0.4, -0.2) is 63.4 Å². The first-order valence-electron chi connectivity index (χ1n) is 13.7. The number of para-hydroxylation sites is 1. The number of carbonyl (C=O) groups excluding carboxylic acids is 1. The molecule has 3 N–H and O–H groups in total. The van der Waals surface area contributed by atoms with Gasteiger partial charge in [0.05, 0.1) is 6.10 Å². The van der Waals surface area contributed by atoms with Crippen molar-refractivity contribution in [3.63, 3.8) is 0 Å². The minimum absolute atomic E-state index is 0.0212. The maximum Gasteiger partial charge on any atom is 0.195 e. The van der Waals surface area contributed by atoms with Gasteiger partial charge >= 0.3 is 0 Å². The maximum absolute atomic E-state index is 13.4. The quantitative estimate of drug-likeness (QED) is 0.546. The molecule has 2 saturated carbocycles. The van der Waals surface area contributed by atoms with E-state index in [0.717, 1.165) is 11.9 Å². The van der Waals surface area contributed by atoms with Gasteiger partial charge in [-0.15, -0.1) is 0 Å². The molecule has 3 heterocycles. The topological polar surface area (TPSA) is 101 Å². The highest BCUT2D eigenvalue weighted by Gasteiger charge is 2.78. The summed E-state index contributed by atoms with van der Waals surface area (Å²) in [6.07, 6.45) is 3.63. The number of fused-ring (bicyclic) bond motifs is 9. The van der Waals surface area contributed by atoms with Crippen molar-refractivity contribution in [1.29, 1.82) is 0 Å². The van der Waals surface area contributed by atoms with Gasteiger partial charge in [-0.2, -0.15) is 0 Å². The van der Waals surface area contributed by atoms with Gasteiger partial charge < -0.3 is 29.4 Å². The van der Waals surface area contributed by atoms with Crippen LogP contribution in [0.3, 0.4) is 0 Å². The molecule has 7 rings (SSSR count). The zero-order valence-corrected chi connectivity index (χ0v) is 22.1. The van der Waals surface area contributed by atoms with Crippen LogP contribution < -0.4 is 0 Å². The molecule has 1 aromatic heterocycles. The standard InChI is InChI=1S/C30H37NO6/c1-26(2)25-21(33)16-22-29(36-25,37-26)11-10-27(3)28(4)17(15-23(30(22,27)34)35-13-7-12-32)14-19-18-8-5-6-9-20(18)31-24(19)28/h5-6,8-9,16-17,23,25,31-32,34H,7,10-15H2,1-4H3/t17-,23+,25+,27-,28-,29?,30+/m1/s1. The van der Waals surface area contributed by atoms with Crippen LogP contribution in [0.4, 0.5) is 0 Å². The molecule has 7 nitrogen and oxygen atoms in total. The molecule has 0 amide bonds. The number of hydrogen-bond donors (Lipinski definition) is 3. The Morgan fingerprint density at radius 3 is 2.73 bits per heavy atom. The van der Waals surface area contributed by atoms with Gasteiger partial charge in [-0.3, -0.25) is 4.79 Å². The monoisotopic (exact) mass is 507 g/mol. The van der Waals surface area contributed by atoms with Crippen LogP contribution in [0.5, 0.6) is 0 Å². The van der Waals surface area contributed by atoms with Gasteiger partial charge in [0.25, 0.3) is 0 Å². The largest absolute Gasteiger partial charge is 0.396 e. The Kier molecular flexibility index (Phi) is 4.76. The van der Waals surface area contributed by atoms with Gasteiger partial charge in [0.15, 0.2) is 17.7 Å².